The van der Waals surface area contributed by atoms with Crippen molar-refractivity contribution in [2.24, 2.45) is 7.05 Å². The second kappa shape index (κ2) is 5.63. The molecular weight excluding hydrogens is 283 g/mol. The number of nitrogens with zero attached hydrogens (tertiary/aromatic N) is 3. The molecule has 2 aromatic heterocycles. The van der Waals surface area contributed by atoms with Gasteiger partial charge in [-0.2, -0.15) is 18.3 Å². The Morgan fingerprint density at radius 3 is 2.43 bits per heavy atom. The van der Waals surface area contributed by atoms with Crippen LogP contribution in [-0.4, -0.2) is 21.3 Å². The van der Waals surface area contributed by atoms with Gasteiger partial charge in [-0.3, -0.25) is 4.68 Å². The van der Waals surface area contributed by atoms with E-state index >= 15 is 0 Å². The minimum Gasteiger partial charge on any atom is -0.370 e. The third-order valence-electron chi connectivity index (χ3n) is 2.79. The molecule has 114 valence electrons. The maximum Gasteiger partial charge on any atom is 0.416 e. The summed E-state index contributed by atoms with van der Waals surface area (Å²) in [5, 5.41) is 9.79. The SMILES string of the molecule is CCNc1cc(C(F)(F)F)cc(Nc2cn(C)nc2C)n1. The second-order valence-corrected chi connectivity index (χ2v) is 4.58. The van der Waals surface area contributed by atoms with Crippen LogP contribution in [0.4, 0.5) is 30.5 Å². The highest BCUT2D eigenvalue weighted by Gasteiger charge is 2.31. The van der Waals surface area contributed by atoms with Crippen molar-refractivity contribution in [1.29, 1.82) is 0 Å². The Bertz CT molecular complexity index is 633. The van der Waals surface area contributed by atoms with E-state index in [9.17, 15) is 13.2 Å². The van der Waals surface area contributed by atoms with Crippen LogP contribution in [0.2, 0.25) is 0 Å². The number of anilines is 3. The lowest BCUT2D eigenvalue weighted by Gasteiger charge is -2.12. The Kier molecular flexibility index (Phi) is 4.06. The normalized spacial score (nSPS) is 11.5. The molecule has 2 N–H and O–H groups in total. The summed E-state index contributed by atoms with van der Waals surface area (Å²) in [6, 6.07) is 1.97. The van der Waals surface area contributed by atoms with Crippen LogP contribution in [0.3, 0.4) is 0 Å². The van der Waals surface area contributed by atoms with Crippen LogP contribution in [0.5, 0.6) is 0 Å². The summed E-state index contributed by atoms with van der Waals surface area (Å²) >= 11 is 0. The van der Waals surface area contributed by atoms with E-state index in [-0.39, 0.29) is 11.6 Å². The number of aryl methyl sites for hydroxylation is 2. The van der Waals surface area contributed by atoms with Gasteiger partial charge in [0.05, 0.1) is 16.9 Å². The zero-order valence-corrected chi connectivity index (χ0v) is 11.9. The summed E-state index contributed by atoms with van der Waals surface area (Å²) in [5.41, 5.74) is 0.547. The average Bonchev–Trinajstić information content (AvgIpc) is 2.67. The molecule has 0 aliphatic rings. The number of nitrogens with one attached hydrogen (secondary N) is 2. The first kappa shape index (κ1) is 15.1. The van der Waals surface area contributed by atoms with E-state index in [0.29, 0.717) is 17.9 Å². The first-order valence-corrected chi connectivity index (χ1v) is 6.40. The monoisotopic (exact) mass is 299 g/mol. The lowest BCUT2D eigenvalue weighted by Crippen LogP contribution is -2.09. The van der Waals surface area contributed by atoms with Crippen LogP contribution >= 0.6 is 0 Å². The Hall–Kier alpha value is -2.25. The zero-order chi connectivity index (χ0) is 15.6. The van der Waals surface area contributed by atoms with Crippen molar-refractivity contribution in [2.75, 3.05) is 17.2 Å². The fourth-order valence-electron chi connectivity index (χ4n) is 1.89. The molecule has 2 heterocycles. The molecular formula is C13H16F3N5. The van der Waals surface area contributed by atoms with Crippen LogP contribution < -0.4 is 10.6 Å². The molecule has 0 radical (unpaired) electrons. The number of alkyl halides is 3. The first-order chi connectivity index (χ1) is 9.79. The molecule has 0 amide bonds. The fraction of sp³-hybridized carbons (Fsp3) is 0.385. The Balaban J connectivity index is 2.38. The highest BCUT2D eigenvalue weighted by Crippen LogP contribution is 2.32. The third-order valence-corrected chi connectivity index (χ3v) is 2.79. The largest absolute Gasteiger partial charge is 0.416 e. The lowest BCUT2D eigenvalue weighted by atomic mass is 10.2. The van der Waals surface area contributed by atoms with E-state index in [1.165, 1.54) is 0 Å². The van der Waals surface area contributed by atoms with Gasteiger partial charge in [0.25, 0.3) is 0 Å². The molecule has 0 bridgehead atoms. The molecule has 0 spiro atoms. The second-order valence-electron chi connectivity index (χ2n) is 4.58. The summed E-state index contributed by atoms with van der Waals surface area (Å²) in [7, 11) is 1.74. The van der Waals surface area contributed by atoms with E-state index in [4.69, 9.17) is 0 Å². The molecule has 0 saturated carbocycles. The fourth-order valence-corrected chi connectivity index (χ4v) is 1.89. The average molecular weight is 299 g/mol. The van der Waals surface area contributed by atoms with Crippen molar-refractivity contribution in [2.45, 2.75) is 20.0 Å². The number of pyridine rings is 1. The number of hydrogen-bond donors (Lipinski definition) is 2. The predicted octanol–water partition coefficient (Wildman–Crippen LogP) is 3.32. The van der Waals surface area contributed by atoms with Crippen LogP contribution in [-0.2, 0) is 13.2 Å². The van der Waals surface area contributed by atoms with Gasteiger partial charge in [-0.1, -0.05) is 0 Å². The van der Waals surface area contributed by atoms with E-state index < -0.39 is 11.7 Å². The van der Waals surface area contributed by atoms with Gasteiger partial charge in [0.2, 0.25) is 0 Å². The summed E-state index contributed by atoms with van der Waals surface area (Å²) < 4.78 is 40.3. The van der Waals surface area contributed by atoms with Crippen molar-refractivity contribution >= 4 is 17.3 Å². The van der Waals surface area contributed by atoms with Crippen molar-refractivity contribution in [1.82, 2.24) is 14.8 Å². The minimum absolute atomic E-state index is 0.122. The number of halogens is 3. The third kappa shape index (κ3) is 3.65. The molecule has 5 nitrogen and oxygen atoms in total. The molecule has 0 fully saturated rings. The van der Waals surface area contributed by atoms with E-state index in [0.717, 1.165) is 12.1 Å². The summed E-state index contributed by atoms with van der Waals surface area (Å²) in [5.74, 6) is 0.299. The van der Waals surface area contributed by atoms with Crippen LogP contribution in [0.15, 0.2) is 18.3 Å². The van der Waals surface area contributed by atoms with Crippen molar-refractivity contribution in [3.05, 3.63) is 29.6 Å². The van der Waals surface area contributed by atoms with Gasteiger partial charge < -0.3 is 10.6 Å². The van der Waals surface area contributed by atoms with Crippen molar-refractivity contribution in [3.63, 3.8) is 0 Å². The first-order valence-electron chi connectivity index (χ1n) is 6.40. The Morgan fingerprint density at radius 1 is 1.24 bits per heavy atom. The quantitative estimate of drug-likeness (QED) is 0.909. The highest BCUT2D eigenvalue weighted by atomic mass is 19.4. The summed E-state index contributed by atoms with van der Waals surface area (Å²) in [6.45, 7) is 4.04. The van der Waals surface area contributed by atoms with Crippen LogP contribution in [0.25, 0.3) is 0 Å². The molecule has 2 rings (SSSR count). The standard InChI is InChI=1S/C13H16F3N5/c1-4-17-11-5-9(13(14,15)16)6-12(19-11)18-10-7-21(3)20-8(10)2/h5-7H,4H2,1-3H3,(H2,17,18,19). The smallest absolute Gasteiger partial charge is 0.370 e. The topological polar surface area (TPSA) is 54.8 Å². The van der Waals surface area contributed by atoms with E-state index in [1.54, 1.807) is 31.8 Å². The lowest BCUT2D eigenvalue weighted by molar-refractivity contribution is -0.137. The minimum atomic E-state index is -4.42. The molecule has 0 aromatic carbocycles. The number of hydrogen-bond acceptors (Lipinski definition) is 4. The molecule has 21 heavy (non-hydrogen) atoms. The molecule has 0 unspecified atom stereocenters. The van der Waals surface area contributed by atoms with Gasteiger partial charge in [0.1, 0.15) is 11.6 Å². The van der Waals surface area contributed by atoms with E-state index in [1.807, 2.05) is 0 Å². The Morgan fingerprint density at radius 2 is 1.90 bits per heavy atom. The van der Waals surface area contributed by atoms with Gasteiger partial charge in [-0.25, -0.2) is 4.98 Å². The van der Waals surface area contributed by atoms with Gasteiger partial charge in [0.15, 0.2) is 0 Å². The Labute approximate surface area is 120 Å². The van der Waals surface area contributed by atoms with Gasteiger partial charge in [-0.05, 0) is 26.0 Å². The zero-order valence-electron chi connectivity index (χ0n) is 11.9. The maximum atomic E-state index is 12.9. The van der Waals surface area contributed by atoms with Gasteiger partial charge in [0, 0.05) is 19.8 Å². The van der Waals surface area contributed by atoms with Crippen LogP contribution in [0, 0.1) is 6.92 Å². The van der Waals surface area contributed by atoms with Crippen molar-refractivity contribution in [3.8, 4) is 0 Å². The molecule has 0 aliphatic carbocycles. The van der Waals surface area contributed by atoms with Gasteiger partial charge >= 0.3 is 6.18 Å². The molecule has 2 aromatic rings. The van der Waals surface area contributed by atoms with E-state index in [2.05, 4.69) is 20.7 Å². The molecule has 8 heteroatoms. The summed E-state index contributed by atoms with van der Waals surface area (Å²) in [4.78, 5) is 4.12. The molecule has 0 saturated heterocycles. The number of rotatable bonds is 4. The predicted molar refractivity (Wildman–Crippen MR) is 74.6 cm³/mol. The molecule has 0 atom stereocenters. The molecule has 0 aliphatic heterocycles. The summed E-state index contributed by atoms with van der Waals surface area (Å²) in [6.07, 6.45) is -2.74. The maximum absolute atomic E-state index is 12.9. The van der Waals surface area contributed by atoms with Crippen molar-refractivity contribution < 1.29 is 13.2 Å². The van der Waals surface area contributed by atoms with Crippen LogP contribution in [0.1, 0.15) is 18.2 Å². The van der Waals surface area contributed by atoms with Gasteiger partial charge in [-0.15, -0.1) is 0 Å². The highest BCUT2D eigenvalue weighted by molar-refractivity contribution is 5.60. The number of aromatic nitrogens is 3.